The highest BCUT2D eigenvalue weighted by Gasteiger charge is 2.16. The standard InChI is InChI=1S/C21H18N2O2S/c22-12-16(10-14-6-2-1-3-7-14)20-23-18(13-26-20)17-11-15-8-4-5-9-19(15)25-21(17)24/h4-5,8-11,13-14H,1-3,6-7H2. The Morgan fingerprint density at radius 1 is 1.27 bits per heavy atom. The fraction of sp³-hybridized carbons (Fsp3) is 0.286. The molecule has 3 aromatic rings. The summed E-state index contributed by atoms with van der Waals surface area (Å²) in [6, 6.07) is 11.5. The first-order chi connectivity index (χ1) is 12.7. The molecule has 0 radical (unpaired) electrons. The summed E-state index contributed by atoms with van der Waals surface area (Å²) in [6.07, 6.45) is 8.06. The number of para-hydroxylation sites is 1. The Morgan fingerprint density at radius 3 is 2.88 bits per heavy atom. The minimum Gasteiger partial charge on any atom is -0.422 e. The molecule has 0 bridgehead atoms. The van der Waals surface area contributed by atoms with Crippen molar-refractivity contribution < 1.29 is 4.42 Å². The van der Waals surface area contributed by atoms with Gasteiger partial charge in [0.1, 0.15) is 16.7 Å². The highest BCUT2D eigenvalue weighted by molar-refractivity contribution is 7.11. The predicted octanol–water partition coefficient (Wildman–Crippen LogP) is 5.40. The van der Waals surface area contributed by atoms with Crippen LogP contribution in [0.5, 0.6) is 0 Å². The van der Waals surface area contributed by atoms with Crippen LogP contribution in [0.2, 0.25) is 0 Å². The zero-order valence-electron chi connectivity index (χ0n) is 14.3. The third-order valence-corrected chi connectivity index (χ3v) is 5.70. The van der Waals surface area contributed by atoms with E-state index in [2.05, 4.69) is 17.1 Å². The monoisotopic (exact) mass is 362 g/mol. The molecule has 0 N–H and O–H groups in total. The van der Waals surface area contributed by atoms with E-state index in [-0.39, 0.29) is 0 Å². The number of benzene rings is 1. The molecule has 5 heteroatoms. The van der Waals surface area contributed by atoms with Gasteiger partial charge in [-0.15, -0.1) is 11.3 Å². The van der Waals surface area contributed by atoms with Crippen LogP contribution in [0.1, 0.15) is 37.1 Å². The summed E-state index contributed by atoms with van der Waals surface area (Å²) < 4.78 is 5.39. The molecule has 0 unspecified atom stereocenters. The summed E-state index contributed by atoms with van der Waals surface area (Å²) >= 11 is 1.40. The number of aromatic nitrogens is 1. The van der Waals surface area contributed by atoms with Gasteiger partial charge in [0.15, 0.2) is 0 Å². The van der Waals surface area contributed by atoms with E-state index in [1.54, 1.807) is 12.1 Å². The molecule has 2 heterocycles. The van der Waals surface area contributed by atoms with E-state index in [0.717, 1.165) is 18.2 Å². The molecule has 0 saturated heterocycles. The summed E-state index contributed by atoms with van der Waals surface area (Å²) in [5.74, 6) is 0.455. The molecule has 130 valence electrons. The molecule has 4 nitrogen and oxygen atoms in total. The van der Waals surface area contributed by atoms with Crippen LogP contribution < -0.4 is 5.63 Å². The van der Waals surface area contributed by atoms with Gasteiger partial charge < -0.3 is 4.42 Å². The van der Waals surface area contributed by atoms with Crippen LogP contribution in [0.4, 0.5) is 0 Å². The molecule has 0 atom stereocenters. The van der Waals surface area contributed by atoms with Gasteiger partial charge in [-0.2, -0.15) is 5.26 Å². The lowest BCUT2D eigenvalue weighted by Crippen LogP contribution is -2.04. The lowest BCUT2D eigenvalue weighted by Gasteiger charge is -2.18. The third kappa shape index (κ3) is 3.33. The van der Waals surface area contributed by atoms with Crippen LogP contribution in [0, 0.1) is 17.2 Å². The number of nitrogens with zero attached hydrogens (tertiary/aromatic N) is 2. The topological polar surface area (TPSA) is 66.9 Å². The van der Waals surface area contributed by atoms with Crippen molar-refractivity contribution in [2.45, 2.75) is 32.1 Å². The van der Waals surface area contributed by atoms with Gasteiger partial charge >= 0.3 is 5.63 Å². The smallest absolute Gasteiger partial charge is 0.345 e. The van der Waals surface area contributed by atoms with E-state index < -0.39 is 5.63 Å². The summed E-state index contributed by atoms with van der Waals surface area (Å²) in [7, 11) is 0. The van der Waals surface area contributed by atoms with Gasteiger partial charge in [-0.1, -0.05) is 43.5 Å². The van der Waals surface area contributed by atoms with Gasteiger partial charge in [0.25, 0.3) is 0 Å². The van der Waals surface area contributed by atoms with Crippen LogP contribution in [-0.2, 0) is 0 Å². The maximum absolute atomic E-state index is 12.3. The molecule has 0 amide bonds. The Hall–Kier alpha value is -2.71. The first kappa shape index (κ1) is 16.7. The van der Waals surface area contributed by atoms with Crippen molar-refractivity contribution in [2.75, 3.05) is 0 Å². The van der Waals surface area contributed by atoms with E-state index in [1.165, 1.54) is 30.6 Å². The van der Waals surface area contributed by atoms with Crippen LogP contribution >= 0.6 is 11.3 Å². The second-order valence-electron chi connectivity index (χ2n) is 6.61. The molecule has 1 aromatic carbocycles. The Balaban J connectivity index is 1.69. The molecular weight excluding hydrogens is 344 g/mol. The fourth-order valence-electron chi connectivity index (χ4n) is 3.45. The first-order valence-corrected chi connectivity index (χ1v) is 9.73. The average molecular weight is 362 g/mol. The Morgan fingerprint density at radius 2 is 2.08 bits per heavy atom. The van der Waals surface area contributed by atoms with Crippen molar-refractivity contribution in [3.8, 4) is 17.3 Å². The van der Waals surface area contributed by atoms with Gasteiger partial charge in [0.2, 0.25) is 0 Å². The molecule has 4 rings (SSSR count). The minimum absolute atomic E-state index is 0.407. The second kappa shape index (κ2) is 7.27. The largest absolute Gasteiger partial charge is 0.422 e. The summed E-state index contributed by atoms with van der Waals surface area (Å²) in [5.41, 5.74) is 1.76. The second-order valence-corrected chi connectivity index (χ2v) is 7.47. The van der Waals surface area contributed by atoms with E-state index in [4.69, 9.17) is 4.42 Å². The average Bonchev–Trinajstić information content (AvgIpc) is 3.16. The fourth-order valence-corrected chi connectivity index (χ4v) is 4.25. The van der Waals surface area contributed by atoms with Crippen LogP contribution in [0.15, 0.2) is 51.0 Å². The Kier molecular flexibility index (Phi) is 4.68. The van der Waals surface area contributed by atoms with Crippen molar-refractivity contribution >= 4 is 27.9 Å². The number of hydrogen-bond donors (Lipinski definition) is 0. The van der Waals surface area contributed by atoms with Crippen molar-refractivity contribution in [1.29, 1.82) is 5.26 Å². The number of allylic oxidation sites excluding steroid dienone is 2. The third-order valence-electron chi connectivity index (χ3n) is 4.82. The molecule has 1 saturated carbocycles. The van der Waals surface area contributed by atoms with Gasteiger partial charge in [-0.3, -0.25) is 0 Å². The number of fused-ring (bicyclic) bond motifs is 1. The summed E-state index contributed by atoms with van der Waals surface area (Å²) in [6.45, 7) is 0. The molecular formula is C21H18N2O2S. The van der Waals surface area contributed by atoms with Crippen molar-refractivity contribution in [3.63, 3.8) is 0 Å². The molecule has 0 aliphatic heterocycles. The van der Waals surface area contributed by atoms with E-state index in [0.29, 0.717) is 33.3 Å². The van der Waals surface area contributed by atoms with Gasteiger partial charge in [0.05, 0.1) is 16.8 Å². The van der Waals surface area contributed by atoms with Crippen molar-refractivity contribution in [1.82, 2.24) is 4.98 Å². The number of thiazole rings is 1. The normalized spacial score (nSPS) is 15.9. The summed E-state index contributed by atoms with van der Waals surface area (Å²) in [5, 5.41) is 12.9. The molecule has 26 heavy (non-hydrogen) atoms. The van der Waals surface area contributed by atoms with Gasteiger partial charge in [-0.05, 0) is 30.9 Å². The van der Waals surface area contributed by atoms with Gasteiger partial charge in [-0.25, -0.2) is 9.78 Å². The summed E-state index contributed by atoms with van der Waals surface area (Å²) in [4.78, 5) is 16.9. The zero-order valence-corrected chi connectivity index (χ0v) is 15.1. The van der Waals surface area contributed by atoms with Crippen LogP contribution in [0.25, 0.3) is 27.8 Å². The first-order valence-electron chi connectivity index (χ1n) is 8.85. The number of hydrogen-bond acceptors (Lipinski definition) is 5. The predicted molar refractivity (Wildman–Crippen MR) is 104 cm³/mol. The Labute approximate surface area is 155 Å². The lowest BCUT2D eigenvalue weighted by molar-refractivity contribution is 0.420. The zero-order chi connectivity index (χ0) is 17.9. The van der Waals surface area contributed by atoms with E-state index >= 15 is 0 Å². The van der Waals surface area contributed by atoms with E-state index in [9.17, 15) is 10.1 Å². The van der Waals surface area contributed by atoms with Crippen molar-refractivity contribution in [2.24, 2.45) is 5.92 Å². The van der Waals surface area contributed by atoms with Crippen LogP contribution in [-0.4, -0.2) is 4.98 Å². The van der Waals surface area contributed by atoms with Gasteiger partial charge in [0, 0.05) is 10.8 Å². The molecule has 0 spiro atoms. The Bertz CT molecular complexity index is 1070. The van der Waals surface area contributed by atoms with Crippen LogP contribution in [0.3, 0.4) is 0 Å². The maximum Gasteiger partial charge on any atom is 0.345 e. The SMILES string of the molecule is N#CC(=CC1CCCCC1)c1nc(-c2cc3ccccc3oc2=O)cs1. The lowest BCUT2D eigenvalue weighted by atomic mass is 9.88. The number of rotatable bonds is 3. The molecule has 1 fully saturated rings. The quantitative estimate of drug-likeness (QED) is 0.462. The highest BCUT2D eigenvalue weighted by Crippen LogP contribution is 2.30. The minimum atomic E-state index is -0.407. The molecule has 1 aliphatic rings. The number of nitriles is 1. The molecule has 1 aliphatic carbocycles. The maximum atomic E-state index is 12.3. The highest BCUT2D eigenvalue weighted by atomic mass is 32.1. The van der Waals surface area contributed by atoms with E-state index in [1.807, 2.05) is 23.6 Å². The molecule has 2 aromatic heterocycles. The van der Waals surface area contributed by atoms with Crippen molar-refractivity contribution in [3.05, 3.63) is 57.2 Å².